The molecule has 0 saturated heterocycles. The number of hydrogen-bond donors (Lipinski definition) is 2. The second kappa shape index (κ2) is 4.38. The Balaban J connectivity index is 2.77. The SMILES string of the molecule is Cc1c[nH]c(=O)c(NC(=O)OC(C)(C)C)c1. The van der Waals surface area contributed by atoms with Crippen LogP contribution in [0.4, 0.5) is 10.5 Å². The molecular weight excluding hydrogens is 208 g/mol. The van der Waals surface area contributed by atoms with Gasteiger partial charge in [0.2, 0.25) is 0 Å². The summed E-state index contributed by atoms with van der Waals surface area (Å²) >= 11 is 0. The van der Waals surface area contributed by atoms with E-state index in [1.165, 1.54) is 0 Å². The molecule has 1 aromatic heterocycles. The van der Waals surface area contributed by atoms with Crippen molar-refractivity contribution in [2.45, 2.75) is 33.3 Å². The van der Waals surface area contributed by atoms with Gasteiger partial charge in [-0.3, -0.25) is 10.1 Å². The first kappa shape index (κ1) is 12.3. The number of pyridine rings is 1. The van der Waals surface area contributed by atoms with Crippen LogP contribution >= 0.6 is 0 Å². The molecule has 0 saturated carbocycles. The van der Waals surface area contributed by atoms with Crippen LogP contribution in [0.25, 0.3) is 0 Å². The van der Waals surface area contributed by atoms with Gasteiger partial charge in [-0.05, 0) is 39.3 Å². The van der Waals surface area contributed by atoms with Crippen LogP contribution in [0.2, 0.25) is 0 Å². The third-order valence-electron chi connectivity index (χ3n) is 1.68. The average Bonchev–Trinajstić information content (AvgIpc) is 2.08. The fourth-order valence-electron chi connectivity index (χ4n) is 1.10. The van der Waals surface area contributed by atoms with E-state index in [1.807, 2.05) is 6.92 Å². The number of nitrogens with one attached hydrogen (secondary N) is 2. The molecule has 0 radical (unpaired) electrons. The molecule has 5 heteroatoms. The number of amides is 1. The molecule has 16 heavy (non-hydrogen) atoms. The summed E-state index contributed by atoms with van der Waals surface area (Å²) < 4.78 is 5.03. The maximum Gasteiger partial charge on any atom is 0.412 e. The molecule has 0 unspecified atom stereocenters. The lowest BCUT2D eigenvalue weighted by molar-refractivity contribution is 0.0635. The van der Waals surface area contributed by atoms with Gasteiger partial charge < -0.3 is 9.72 Å². The molecule has 1 aromatic rings. The maximum absolute atomic E-state index is 11.4. The van der Waals surface area contributed by atoms with Crippen molar-refractivity contribution >= 4 is 11.8 Å². The molecule has 1 heterocycles. The zero-order chi connectivity index (χ0) is 12.3. The number of hydrogen-bond acceptors (Lipinski definition) is 3. The predicted octanol–water partition coefficient (Wildman–Crippen LogP) is 2.03. The van der Waals surface area contributed by atoms with Crippen molar-refractivity contribution in [1.29, 1.82) is 0 Å². The van der Waals surface area contributed by atoms with Crippen molar-refractivity contribution in [3.8, 4) is 0 Å². The molecule has 0 aliphatic heterocycles. The van der Waals surface area contributed by atoms with Gasteiger partial charge in [-0.25, -0.2) is 4.79 Å². The van der Waals surface area contributed by atoms with Crippen LogP contribution in [0.15, 0.2) is 17.1 Å². The molecule has 88 valence electrons. The van der Waals surface area contributed by atoms with Gasteiger partial charge >= 0.3 is 6.09 Å². The molecule has 0 spiro atoms. The van der Waals surface area contributed by atoms with Crippen LogP contribution < -0.4 is 10.9 Å². The first-order chi connectivity index (χ1) is 7.28. The monoisotopic (exact) mass is 224 g/mol. The topological polar surface area (TPSA) is 71.2 Å². The van der Waals surface area contributed by atoms with E-state index in [2.05, 4.69) is 10.3 Å². The highest BCUT2D eigenvalue weighted by atomic mass is 16.6. The van der Waals surface area contributed by atoms with E-state index in [0.29, 0.717) is 0 Å². The second-order valence-corrected chi connectivity index (χ2v) is 4.55. The number of carbonyl (C=O) groups is 1. The maximum atomic E-state index is 11.4. The number of anilines is 1. The number of carbonyl (C=O) groups excluding carboxylic acids is 1. The summed E-state index contributed by atoms with van der Waals surface area (Å²) in [7, 11) is 0. The van der Waals surface area contributed by atoms with Crippen LogP contribution in [-0.4, -0.2) is 16.7 Å². The number of aryl methyl sites for hydroxylation is 1. The number of ether oxygens (including phenoxy) is 1. The van der Waals surface area contributed by atoms with Crippen LogP contribution in [-0.2, 0) is 4.74 Å². The van der Waals surface area contributed by atoms with Gasteiger partial charge in [0.05, 0.1) is 0 Å². The largest absolute Gasteiger partial charge is 0.444 e. The van der Waals surface area contributed by atoms with Gasteiger partial charge in [0.1, 0.15) is 11.3 Å². The van der Waals surface area contributed by atoms with Crippen LogP contribution in [0, 0.1) is 6.92 Å². The zero-order valence-corrected chi connectivity index (χ0v) is 9.88. The first-order valence-electron chi connectivity index (χ1n) is 4.97. The molecule has 5 nitrogen and oxygen atoms in total. The Hall–Kier alpha value is -1.78. The molecule has 0 fully saturated rings. The molecule has 2 N–H and O–H groups in total. The van der Waals surface area contributed by atoms with Gasteiger partial charge in [-0.1, -0.05) is 0 Å². The quantitative estimate of drug-likeness (QED) is 0.766. The Kier molecular flexibility index (Phi) is 3.37. The van der Waals surface area contributed by atoms with Crippen molar-refractivity contribution < 1.29 is 9.53 Å². The van der Waals surface area contributed by atoms with Gasteiger partial charge in [0.25, 0.3) is 5.56 Å². The van der Waals surface area contributed by atoms with E-state index >= 15 is 0 Å². The molecule has 0 aromatic carbocycles. The summed E-state index contributed by atoms with van der Waals surface area (Å²) in [6.07, 6.45) is 0.936. The molecule has 1 rings (SSSR count). The second-order valence-electron chi connectivity index (χ2n) is 4.55. The summed E-state index contributed by atoms with van der Waals surface area (Å²) in [6, 6.07) is 1.59. The van der Waals surface area contributed by atoms with E-state index in [9.17, 15) is 9.59 Å². The Morgan fingerprint density at radius 1 is 1.44 bits per heavy atom. The van der Waals surface area contributed by atoms with E-state index in [-0.39, 0.29) is 11.2 Å². The zero-order valence-electron chi connectivity index (χ0n) is 9.88. The van der Waals surface area contributed by atoms with Crippen molar-refractivity contribution in [1.82, 2.24) is 4.98 Å². The van der Waals surface area contributed by atoms with Crippen LogP contribution in [0.1, 0.15) is 26.3 Å². The summed E-state index contributed by atoms with van der Waals surface area (Å²) in [5, 5.41) is 2.40. The minimum absolute atomic E-state index is 0.189. The third kappa shape index (κ3) is 3.76. The van der Waals surface area contributed by atoms with E-state index < -0.39 is 11.7 Å². The summed E-state index contributed by atoms with van der Waals surface area (Å²) in [6.45, 7) is 7.09. The van der Waals surface area contributed by atoms with Gasteiger partial charge in [-0.15, -0.1) is 0 Å². The Morgan fingerprint density at radius 2 is 2.06 bits per heavy atom. The van der Waals surface area contributed by atoms with Gasteiger partial charge in [-0.2, -0.15) is 0 Å². The van der Waals surface area contributed by atoms with Crippen LogP contribution in [0.3, 0.4) is 0 Å². The highest BCUT2D eigenvalue weighted by Crippen LogP contribution is 2.09. The molecular formula is C11H16N2O3. The van der Waals surface area contributed by atoms with E-state index in [0.717, 1.165) is 5.56 Å². The number of aromatic nitrogens is 1. The van der Waals surface area contributed by atoms with Crippen molar-refractivity contribution in [2.75, 3.05) is 5.32 Å². The molecule has 0 bridgehead atoms. The minimum Gasteiger partial charge on any atom is -0.444 e. The lowest BCUT2D eigenvalue weighted by atomic mass is 10.2. The van der Waals surface area contributed by atoms with Gasteiger partial charge in [0.15, 0.2) is 0 Å². The van der Waals surface area contributed by atoms with E-state index in [4.69, 9.17) is 4.74 Å². The predicted molar refractivity (Wildman–Crippen MR) is 61.7 cm³/mol. The molecule has 0 aliphatic rings. The smallest absolute Gasteiger partial charge is 0.412 e. The Bertz CT molecular complexity index is 443. The van der Waals surface area contributed by atoms with Crippen molar-refractivity contribution in [3.05, 3.63) is 28.2 Å². The summed E-state index contributed by atoms with van der Waals surface area (Å²) in [5.74, 6) is 0. The Labute approximate surface area is 93.8 Å². The molecule has 0 atom stereocenters. The molecule has 1 amide bonds. The Morgan fingerprint density at radius 3 is 2.62 bits per heavy atom. The average molecular weight is 224 g/mol. The summed E-state index contributed by atoms with van der Waals surface area (Å²) in [5.41, 5.74) is 0.108. The molecule has 0 aliphatic carbocycles. The van der Waals surface area contributed by atoms with Crippen LogP contribution in [0.5, 0.6) is 0 Å². The van der Waals surface area contributed by atoms with E-state index in [1.54, 1.807) is 33.0 Å². The minimum atomic E-state index is -0.636. The number of aromatic amines is 1. The van der Waals surface area contributed by atoms with Crippen molar-refractivity contribution in [2.24, 2.45) is 0 Å². The number of rotatable bonds is 1. The van der Waals surface area contributed by atoms with Gasteiger partial charge in [0, 0.05) is 6.20 Å². The fourth-order valence-corrected chi connectivity index (χ4v) is 1.10. The van der Waals surface area contributed by atoms with Crippen molar-refractivity contribution in [3.63, 3.8) is 0 Å². The standard InChI is InChI=1S/C11H16N2O3/c1-7-5-8(9(14)12-6-7)13-10(15)16-11(2,3)4/h5-6H,1-4H3,(H,12,14)(H,13,15). The lowest BCUT2D eigenvalue weighted by Gasteiger charge is -2.19. The summed E-state index contributed by atoms with van der Waals surface area (Å²) in [4.78, 5) is 25.3. The lowest BCUT2D eigenvalue weighted by Crippen LogP contribution is -2.29. The number of H-pyrrole nitrogens is 1. The third-order valence-corrected chi connectivity index (χ3v) is 1.68. The highest BCUT2D eigenvalue weighted by molar-refractivity contribution is 5.84. The fraction of sp³-hybridized carbons (Fsp3) is 0.455. The first-order valence-corrected chi connectivity index (χ1v) is 4.97. The normalized spacial score (nSPS) is 11.0. The highest BCUT2D eigenvalue weighted by Gasteiger charge is 2.16.